The second-order valence-electron chi connectivity index (χ2n) is 6.83. The van der Waals surface area contributed by atoms with Gasteiger partial charge in [0.05, 0.1) is 12.1 Å². The SMILES string of the molecule is C[C@@H](NCc1ccc(C(=O)Nc2ccccc2)cc1)c1nnnn1C1CC1. The summed E-state index contributed by atoms with van der Waals surface area (Å²) >= 11 is 0. The summed E-state index contributed by atoms with van der Waals surface area (Å²) in [5.74, 6) is 0.758. The molecule has 7 nitrogen and oxygen atoms in total. The molecule has 1 saturated carbocycles. The third-order valence-electron chi connectivity index (χ3n) is 4.66. The van der Waals surface area contributed by atoms with E-state index in [9.17, 15) is 4.79 Å². The van der Waals surface area contributed by atoms with E-state index in [2.05, 4.69) is 33.1 Å². The Kier molecular flexibility index (Phi) is 4.93. The molecule has 0 spiro atoms. The summed E-state index contributed by atoms with van der Waals surface area (Å²) in [7, 11) is 0. The maximum atomic E-state index is 12.3. The van der Waals surface area contributed by atoms with Crippen molar-refractivity contribution in [2.45, 2.75) is 38.4 Å². The summed E-state index contributed by atoms with van der Waals surface area (Å²) < 4.78 is 1.93. The van der Waals surface area contributed by atoms with Gasteiger partial charge in [-0.05, 0) is 60.0 Å². The molecule has 2 aromatic carbocycles. The fourth-order valence-electron chi connectivity index (χ4n) is 2.93. The molecule has 7 heteroatoms. The number of para-hydroxylation sites is 1. The lowest BCUT2D eigenvalue weighted by Gasteiger charge is -2.13. The number of aromatic nitrogens is 4. The highest BCUT2D eigenvalue weighted by atomic mass is 16.1. The number of hydrogen-bond donors (Lipinski definition) is 2. The first-order valence-corrected chi connectivity index (χ1v) is 9.17. The zero-order chi connectivity index (χ0) is 18.6. The predicted molar refractivity (Wildman–Crippen MR) is 102 cm³/mol. The molecule has 3 aromatic rings. The third kappa shape index (κ3) is 4.20. The molecule has 1 fully saturated rings. The van der Waals surface area contributed by atoms with Crippen molar-refractivity contribution >= 4 is 11.6 Å². The number of carbonyl (C=O) groups excluding carboxylic acids is 1. The summed E-state index contributed by atoms with van der Waals surface area (Å²) in [4.78, 5) is 12.3. The average Bonchev–Trinajstić information content (AvgIpc) is 3.43. The Labute approximate surface area is 157 Å². The normalized spacial score (nSPS) is 14.7. The molecule has 0 radical (unpaired) electrons. The molecular formula is C20H22N6O. The maximum absolute atomic E-state index is 12.3. The number of rotatable bonds is 7. The number of hydrogen-bond acceptors (Lipinski definition) is 5. The Balaban J connectivity index is 1.33. The standard InChI is InChI=1S/C20H22N6O/c1-14(19-23-24-25-26(19)18-11-12-18)21-13-15-7-9-16(10-8-15)20(27)22-17-5-3-2-4-6-17/h2-10,14,18,21H,11-13H2,1H3,(H,22,27)/t14-/m1/s1. The van der Waals surface area contributed by atoms with Crippen molar-refractivity contribution in [3.8, 4) is 0 Å². The van der Waals surface area contributed by atoms with Gasteiger partial charge in [-0.3, -0.25) is 4.79 Å². The molecule has 27 heavy (non-hydrogen) atoms. The van der Waals surface area contributed by atoms with Gasteiger partial charge >= 0.3 is 0 Å². The number of nitrogens with zero attached hydrogens (tertiary/aromatic N) is 4. The van der Waals surface area contributed by atoms with Crippen molar-refractivity contribution < 1.29 is 4.79 Å². The Hall–Kier alpha value is -3.06. The highest BCUT2D eigenvalue weighted by Crippen LogP contribution is 2.35. The van der Waals surface area contributed by atoms with Crippen molar-refractivity contribution in [2.24, 2.45) is 0 Å². The van der Waals surface area contributed by atoms with Crippen LogP contribution in [0.25, 0.3) is 0 Å². The maximum Gasteiger partial charge on any atom is 0.255 e. The fourth-order valence-corrected chi connectivity index (χ4v) is 2.93. The third-order valence-corrected chi connectivity index (χ3v) is 4.66. The van der Waals surface area contributed by atoms with E-state index in [1.807, 2.05) is 59.3 Å². The Bertz CT molecular complexity index is 902. The van der Waals surface area contributed by atoms with E-state index >= 15 is 0 Å². The molecule has 1 amide bonds. The van der Waals surface area contributed by atoms with Crippen LogP contribution >= 0.6 is 0 Å². The van der Waals surface area contributed by atoms with Crippen molar-refractivity contribution in [3.05, 3.63) is 71.5 Å². The summed E-state index contributed by atoms with van der Waals surface area (Å²) in [6.45, 7) is 2.74. The van der Waals surface area contributed by atoms with Gasteiger partial charge in [0.2, 0.25) is 0 Å². The monoisotopic (exact) mass is 362 g/mol. The van der Waals surface area contributed by atoms with E-state index in [0.29, 0.717) is 18.2 Å². The molecule has 1 aromatic heterocycles. The first-order chi connectivity index (χ1) is 13.2. The number of benzene rings is 2. The quantitative estimate of drug-likeness (QED) is 0.675. The topological polar surface area (TPSA) is 84.7 Å². The molecule has 0 unspecified atom stereocenters. The van der Waals surface area contributed by atoms with Crippen molar-refractivity contribution in [2.75, 3.05) is 5.32 Å². The average molecular weight is 362 g/mol. The van der Waals surface area contributed by atoms with Crippen LogP contribution in [-0.4, -0.2) is 26.1 Å². The summed E-state index contributed by atoms with van der Waals surface area (Å²) in [5, 5.41) is 18.4. The molecule has 0 saturated heterocycles. The molecule has 1 heterocycles. The van der Waals surface area contributed by atoms with E-state index in [1.165, 1.54) is 0 Å². The number of tetrazole rings is 1. The number of amides is 1. The van der Waals surface area contributed by atoms with Crippen molar-refractivity contribution in [1.29, 1.82) is 0 Å². The number of carbonyl (C=O) groups is 1. The lowest BCUT2D eigenvalue weighted by Crippen LogP contribution is -2.22. The van der Waals surface area contributed by atoms with Crippen molar-refractivity contribution in [3.63, 3.8) is 0 Å². The van der Waals surface area contributed by atoms with Crippen LogP contribution in [0.4, 0.5) is 5.69 Å². The molecule has 0 bridgehead atoms. The molecular weight excluding hydrogens is 340 g/mol. The van der Waals surface area contributed by atoms with Gasteiger partial charge in [0, 0.05) is 17.8 Å². The first-order valence-electron chi connectivity index (χ1n) is 9.17. The van der Waals surface area contributed by atoms with E-state index in [-0.39, 0.29) is 11.9 Å². The van der Waals surface area contributed by atoms with Crippen LogP contribution in [0.5, 0.6) is 0 Å². The van der Waals surface area contributed by atoms with Crippen LogP contribution in [-0.2, 0) is 6.54 Å². The lowest BCUT2D eigenvalue weighted by atomic mass is 10.1. The highest BCUT2D eigenvalue weighted by Gasteiger charge is 2.29. The number of anilines is 1. The minimum atomic E-state index is -0.113. The second kappa shape index (κ2) is 7.67. The van der Waals surface area contributed by atoms with E-state index in [4.69, 9.17) is 0 Å². The minimum absolute atomic E-state index is 0.0571. The van der Waals surface area contributed by atoms with Gasteiger partial charge in [-0.1, -0.05) is 30.3 Å². The van der Waals surface area contributed by atoms with Gasteiger partial charge in [0.1, 0.15) is 0 Å². The van der Waals surface area contributed by atoms with Gasteiger partial charge in [-0.25, -0.2) is 4.68 Å². The largest absolute Gasteiger partial charge is 0.322 e. The van der Waals surface area contributed by atoms with Crippen LogP contribution in [0, 0.1) is 0 Å². The molecule has 4 rings (SSSR count). The van der Waals surface area contributed by atoms with Crippen LogP contribution in [0.2, 0.25) is 0 Å². The summed E-state index contributed by atoms with van der Waals surface area (Å²) in [6, 6.07) is 17.6. The van der Waals surface area contributed by atoms with E-state index in [1.54, 1.807) is 0 Å². The lowest BCUT2D eigenvalue weighted by molar-refractivity contribution is 0.102. The van der Waals surface area contributed by atoms with Gasteiger partial charge in [-0.15, -0.1) is 5.10 Å². The fraction of sp³-hybridized carbons (Fsp3) is 0.300. The Morgan fingerprint density at radius 1 is 1.15 bits per heavy atom. The van der Waals surface area contributed by atoms with E-state index in [0.717, 1.165) is 29.9 Å². The van der Waals surface area contributed by atoms with Crippen LogP contribution < -0.4 is 10.6 Å². The van der Waals surface area contributed by atoms with E-state index < -0.39 is 0 Å². The zero-order valence-corrected chi connectivity index (χ0v) is 15.2. The Morgan fingerprint density at radius 3 is 2.59 bits per heavy atom. The Morgan fingerprint density at radius 2 is 1.89 bits per heavy atom. The van der Waals surface area contributed by atoms with Gasteiger partial charge in [-0.2, -0.15) is 0 Å². The number of nitrogens with one attached hydrogen (secondary N) is 2. The zero-order valence-electron chi connectivity index (χ0n) is 15.2. The summed E-state index contributed by atoms with van der Waals surface area (Å²) in [6.07, 6.45) is 2.30. The van der Waals surface area contributed by atoms with Gasteiger partial charge < -0.3 is 10.6 Å². The molecule has 1 aliphatic carbocycles. The highest BCUT2D eigenvalue weighted by molar-refractivity contribution is 6.04. The van der Waals surface area contributed by atoms with Crippen LogP contribution in [0.15, 0.2) is 54.6 Å². The van der Waals surface area contributed by atoms with Crippen LogP contribution in [0.1, 0.15) is 53.6 Å². The predicted octanol–water partition coefficient (Wildman–Crippen LogP) is 3.11. The van der Waals surface area contributed by atoms with Crippen LogP contribution in [0.3, 0.4) is 0 Å². The minimum Gasteiger partial charge on any atom is -0.322 e. The molecule has 138 valence electrons. The second-order valence-corrected chi connectivity index (χ2v) is 6.83. The van der Waals surface area contributed by atoms with Gasteiger partial charge in [0.25, 0.3) is 5.91 Å². The molecule has 2 N–H and O–H groups in total. The van der Waals surface area contributed by atoms with Crippen molar-refractivity contribution in [1.82, 2.24) is 25.5 Å². The molecule has 0 aliphatic heterocycles. The van der Waals surface area contributed by atoms with Gasteiger partial charge in [0.15, 0.2) is 5.82 Å². The molecule has 1 aliphatic rings. The smallest absolute Gasteiger partial charge is 0.255 e. The first kappa shape index (κ1) is 17.4. The summed E-state index contributed by atoms with van der Waals surface area (Å²) in [5.41, 5.74) is 2.52. The molecule has 1 atom stereocenters.